The Morgan fingerprint density at radius 1 is 1.24 bits per heavy atom. The second-order valence-corrected chi connectivity index (χ2v) is 7.70. The molecule has 2 atom stereocenters. The molecule has 0 aromatic heterocycles. The molecule has 2 aliphatic heterocycles. The van der Waals surface area contributed by atoms with Crippen molar-refractivity contribution in [3.63, 3.8) is 0 Å². The summed E-state index contributed by atoms with van der Waals surface area (Å²) < 4.78 is 5.56. The van der Waals surface area contributed by atoms with Crippen LogP contribution in [0.25, 0.3) is 0 Å². The number of fused-ring (bicyclic) bond motifs is 2. The fourth-order valence-electron chi connectivity index (χ4n) is 4.36. The van der Waals surface area contributed by atoms with E-state index in [0.29, 0.717) is 18.1 Å². The van der Waals surface area contributed by atoms with Crippen LogP contribution in [0.3, 0.4) is 0 Å². The van der Waals surface area contributed by atoms with E-state index in [1.807, 2.05) is 6.07 Å². The highest BCUT2D eigenvalue weighted by Gasteiger charge is 2.38. The third kappa shape index (κ3) is 4.64. The number of methoxy groups -OCH3 is 1. The van der Waals surface area contributed by atoms with Crippen LogP contribution in [0, 0.1) is 0 Å². The van der Waals surface area contributed by atoms with Crippen LogP contribution >= 0.6 is 12.2 Å². The average molecular weight is 362 g/mol. The topological polar surface area (TPSA) is 36.5 Å². The van der Waals surface area contributed by atoms with Gasteiger partial charge in [0.15, 0.2) is 5.11 Å². The van der Waals surface area contributed by atoms with Crippen LogP contribution in [0.4, 0.5) is 0 Å². The first-order valence-corrected chi connectivity index (χ1v) is 10.0. The number of hydrogen-bond acceptors (Lipinski definition) is 3. The van der Waals surface area contributed by atoms with Gasteiger partial charge < -0.3 is 15.4 Å². The molecule has 2 N–H and O–H groups in total. The van der Waals surface area contributed by atoms with Crippen LogP contribution in [0.15, 0.2) is 24.3 Å². The van der Waals surface area contributed by atoms with Crippen LogP contribution in [-0.4, -0.2) is 41.8 Å². The summed E-state index contributed by atoms with van der Waals surface area (Å²) in [4.78, 5) is 2.71. The molecule has 138 valence electrons. The largest absolute Gasteiger partial charge is 0.496 e. The molecule has 5 heteroatoms. The normalized spacial score (nSPS) is 26.1. The minimum absolute atomic E-state index is 0.501. The molecule has 25 heavy (non-hydrogen) atoms. The molecule has 1 aromatic carbocycles. The maximum atomic E-state index is 5.56. The van der Waals surface area contributed by atoms with E-state index in [1.54, 1.807) is 7.11 Å². The average Bonchev–Trinajstić information content (AvgIpc) is 2.61. The summed E-state index contributed by atoms with van der Waals surface area (Å²) in [6, 6.07) is 10.2. The van der Waals surface area contributed by atoms with Crippen LogP contribution in [0.2, 0.25) is 0 Å². The van der Waals surface area contributed by atoms with Crippen molar-refractivity contribution in [2.24, 2.45) is 0 Å². The lowest BCUT2D eigenvalue weighted by molar-refractivity contribution is 0.0205. The van der Waals surface area contributed by atoms with Crippen molar-refractivity contribution in [2.45, 2.75) is 70.1 Å². The fourth-order valence-corrected chi connectivity index (χ4v) is 4.63. The van der Waals surface area contributed by atoms with Crippen molar-refractivity contribution in [3.05, 3.63) is 29.8 Å². The van der Waals surface area contributed by atoms with E-state index >= 15 is 0 Å². The number of nitrogens with one attached hydrogen (secondary N) is 2. The van der Waals surface area contributed by atoms with Crippen LogP contribution < -0.4 is 15.4 Å². The number of nitrogens with zero attached hydrogens (tertiary/aromatic N) is 1. The van der Waals surface area contributed by atoms with Crippen LogP contribution in [-0.2, 0) is 6.54 Å². The van der Waals surface area contributed by atoms with Gasteiger partial charge in [-0.3, -0.25) is 4.90 Å². The Morgan fingerprint density at radius 2 is 1.96 bits per heavy atom. The molecular formula is C20H31N3OS. The summed E-state index contributed by atoms with van der Waals surface area (Å²) in [5.74, 6) is 1.01. The highest BCUT2D eigenvalue weighted by Crippen LogP contribution is 2.36. The Morgan fingerprint density at radius 3 is 2.64 bits per heavy atom. The minimum atomic E-state index is 0.501. The predicted molar refractivity (Wildman–Crippen MR) is 107 cm³/mol. The molecule has 2 bridgehead atoms. The molecule has 2 aliphatic rings. The number of thiocarbonyl (C=S) groups is 1. The lowest BCUT2D eigenvalue weighted by atomic mass is 9.81. The Bertz CT molecular complexity index is 566. The number of para-hydroxylation sites is 1. The highest BCUT2D eigenvalue weighted by molar-refractivity contribution is 7.80. The highest BCUT2D eigenvalue weighted by atomic mass is 32.1. The SMILES string of the molecule is CCCNC(=S)NC1C[C@@H]2CCC[C@@H](C1)N2Cc1ccccc1OC. The van der Waals surface area contributed by atoms with Gasteiger partial charge in [0.25, 0.3) is 0 Å². The van der Waals surface area contributed by atoms with Gasteiger partial charge in [-0.05, 0) is 50.4 Å². The van der Waals surface area contributed by atoms with E-state index in [2.05, 4.69) is 40.7 Å². The third-order valence-electron chi connectivity index (χ3n) is 5.54. The Labute approximate surface area is 157 Å². The van der Waals surface area contributed by atoms with E-state index in [0.717, 1.165) is 30.4 Å². The van der Waals surface area contributed by atoms with E-state index < -0.39 is 0 Å². The Kier molecular flexibility index (Phi) is 6.54. The van der Waals surface area contributed by atoms with Gasteiger partial charge in [-0.2, -0.15) is 0 Å². The molecule has 0 aliphatic carbocycles. The van der Waals surface area contributed by atoms with Crippen molar-refractivity contribution < 1.29 is 4.74 Å². The maximum Gasteiger partial charge on any atom is 0.166 e. The van der Waals surface area contributed by atoms with Crippen LogP contribution in [0.1, 0.15) is 51.0 Å². The lowest BCUT2D eigenvalue weighted by Crippen LogP contribution is -2.57. The molecule has 2 fully saturated rings. The molecule has 2 heterocycles. The molecular weight excluding hydrogens is 330 g/mol. The molecule has 1 aromatic rings. The molecule has 2 saturated heterocycles. The summed E-state index contributed by atoms with van der Waals surface area (Å²) >= 11 is 5.45. The van der Waals surface area contributed by atoms with Gasteiger partial charge >= 0.3 is 0 Å². The molecule has 3 rings (SSSR count). The lowest BCUT2D eigenvalue weighted by Gasteiger charge is -2.49. The molecule has 4 nitrogen and oxygen atoms in total. The van der Waals surface area contributed by atoms with Crippen molar-refractivity contribution in [3.8, 4) is 5.75 Å². The number of benzene rings is 1. The number of piperidine rings is 2. The first-order chi connectivity index (χ1) is 12.2. The summed E-state index contributed by atoms with van der Waals surface area (Å²) in [5, 5.41) is 7.68. The van der Waals surface area contributed by atoms with Gasteiger partial charge in [-0.15, -0.1) is 0 Å². The van der Waals surface area contributed by atoms with Crippen molar-refractivity contribution >= 4 is 17.3 Å². The van der Waals surface area contributed by atoms with Crippen molar-refractivity contribution in [1.82, 2.24) is 15.5 Å². The smallest absolute Gasteiger partial charge is 0.166 e. The van der Waals surface area contributed by atoms with Gasteiger partial charge in [0.2, 0.25) is 0 Å². The fraction of sp³-hybridized carbons (Fsp3) is 0.650. The minimum Gasteiger partial charge on any atom is -0.496 e. The van der Waals surface area contributed by atoms with E-state index in [9.17, 15) is 0 Å². The standard InChI is InChI=1S/C20H31N3OS/c1-3-11-21-20(25)22-16-12-17-8-6-9-18(13-16)23(17)14-15-7-4-5-10-19(15)24-2/h4-5,7,10,16-18H,3,6,8-9,11-14H2,1-2H3,(H2,21,22,25)/t17-,18-/m0/s1. The number of hydrogen-bond donors (Lipinski definition) is 2. The quantitative estimate of drug-likeness (QED) is 0.759. The predicted octanol–water partition coefficient (Wildman–Crippen LogP) is 3.45. The zero-order valence-corrected chi connectivity index (χ0v) is 16.3. The molecule has 0 radical (unpaired) electrons. The van der Waals surface area contributed by atoms with Crippen molar-refractivity contribution in [1.29, 1.82) is 0 Å². The Balaban J connectivity index is 1.63. The summed E-state index contributed by atoms with van der Waals surface area (Å²) in [6.45, 7) is 4.10. The van der Waals surface area contributed by atoms with E-state index in [-0.39, 0.29) is 0 Å². The van der Waals surface area contributed by atoms with Gasteiger partial charge in [0.05, 0.1) is 7.11 Å². The molecule has 0 spiro atoms. The van der Waals surface area contributed by atoms with Gasteiger partial charge in [-0.1, -0.05) is 31.5 Å². The molecule has 0 unspecified atom stereocenters. The second kappa shape index (κ2) is 8.86. The van der Waals surface area contributed by atoms with Gasteiger partial charge in [-0.25, -0.2) is 0 Å². The number of rotatable bonds is 6. The second-order valence-electron chi connectivity index (χ2n) is 7.29. The molecule has 0 amide bonds. The van der Waals surface area contributed by atoms with Crippen molar-refractivity contribution in [2.75, 3.05) is 13.7 Å². The first-order valence-electron chi connectivity index (χ1n) is 9.63. The third-order valence-corrected chi connectivity index (χ3v) is 5.80. The number of ether oxygens (including phenoxy) is 1. The summed E-state index contributed by atoms with van der Waals surface area (Å²) in [5.41, 5.74) is 1.30. The summed E-state index contributed by atoms with van der Waals surface area (Å²) in [6.07, 6.45) is 7.39. The summed E-state index contributed by atoms with van der Waals surface area (Å²) in [7, 11) is 1.76. The first kappa shape index (κ1) is 18.5. The van der Waals surface area contributed by atoms with E-state index in [1.165, 1.54) is 37.7 Å². The monoisotopic (exact) mass is 361 g/mol. The zero-order chi connectivity index (χ0) is 17.6. The van der Waals surface area contributed by atoms with Crippen LogP contribution in [0.5, 0.6) is 5.75 Å². The van der Waals surface area contributed by atoms with Gasteiger partial charge in [0.1, 0.15) is 5.75 Å². The molecule has 0 saturated carbocycles. The zero-order valence-electron chi connectivity index (χ0n) is 15.5. The van der Waals surface area contributed by atoms with E-state index in [4.69, 9.17) is 17.0 Å². The van der Waals surface area contributed by atoms with Gasteiger partial charge in [0, 0.05) is 36.8 Å². The maximum absolute atomic E-state index is 5.56. The Hall–Kier alpha value is -1.33.